The van der Waals surface area contributed by atoms with E-state index in [9.17, 15) is 0 Å². The molecular weight excluding hydrogens is 290 g/mol. The van der Waals surface area contributed by atoms with Crippen molar-refractivity contribution in [1.29, 1.82) is 0 Å². The number of aromatic nitrogens is 1. The molecule has 3 aromatic carbocycles. The van der Waals surface area contributed by atoms with E-state index in [-0.39, 0.29) is 0 Å². The molecule has 114 valence electrons. The number of benzene rings is 3. The van der Waals surface area contributed by atoms with E-state index in [2.05, 4.69) is 65.7 Å². The number of hydrogen-bond donors (Lipinski definition) is 1. The van der Waals surface area contributed by atoms with E-state index in [4.69, 9.17) is 0 Å². The van der Waals surface area contributed by atoms with Crippen molar-refractivity contribution < 1.29 is 0 Å². The molecule has 0 aliphatic heterocycles. The van der Waals surface area contributed by atoms with Gasteiger partial charge in [-0.05, 0) is 52.8 Å². The second-order valence-electron chi connectivity index (χ2n) is 6.98. The van der Waals surface area contributed by atoms with Crippen LogP contribution < -0.4 is 0 Å². The SMILES string of the molecule is C1=Cc2c([nH]c3c4c5c(cccc5cc23)Cc2ccccc2-4)CC1. The van der Waals surface area contributed by atoms with E-state index in [1.807, 2.05) is 0 Å². The van der Waals surface area contributed by atoms with Gasteiger partial charge in [-0.2, -0.15) is 0 Å². The first-order valence-corrected chi connectivity index (χ1v) is 8.74. The first kappa shape index (κ1) is 12.6. The number of H-pyrrole nitrogens is 1. The molecule has 0 amide bonds. The number of nitrogens with one attached hydrogen (secondary N) is 1. The maximum atomic E-state index is 3.78. The number of allylic oxidation sites excluding steroid dienone is 1. The summed E-state index contributed by atoms with van der Waals surface area (Å²) in [6.07, 6.45) is 7.89. The highest BCUT2D eigenvalue weighted by atomic mass is 14.7. The van der Waals surface area contributed by atoms with Crippen LogP contribution in [0.5, 0.6) is 0 Å². The summed E-state index contributed by atoms with van der Waals surface area (Å²) < 4.78 is 0. The van der Waals surface area contributed by atoms with Gasteiger partial charge in [0, 0.05) is 22.2 Å². The number of aryl methyl sites for hydroxylation is 1. The van der Waals surface area contributed by atoms with E-state index < -0.39 is 0 Å². The van der Waals surface area contributed by atoms with Crippen molar-refractivity contribution in [3.63, 3.8) is 0 Å². The standard InChI is InChI=1S/C23H17N/c1-2-9-17-14(6-1)12-15-7-5-8-16-13-19-18-10-3-4-11-20(18)24-23(19)22(17)21(15)16/h1-3,5-10,13,24H,4,11-12H2. The summed E-state index contributed by atoms with van der Waals surface area (Å²) in [6.45, 7) is 0. The van der Waals surface area contributed by atoms with Gasteiger partial charge < -0.3 is 4.98 Å². The molecule has 2 aliphatic rings. The van der Waals surface area contributed by atoms with Crippen LogP contribution in [0.3, 0.4) is 0 Å². The number of aromatic amines is 1. The summed E-state index contributed by atoms with van der Waals surface area (Å²) in [5.74, 6) is 0. The first-order valence-electron chi connectivity index (χ1n) is 8.74. The second kappa shape index (κ2) is 4.39. The van der Waals surface area contributed by atoms with Crippen LogP contribution in [0.15, 0.2) is 54.6 Å². The smallest absolute Gasteiger partial charge is 0.0548 e. The lowest BCUT2D eigenvalue weighted by Gasteiger charge is -2.21. The third-order valence-corrected chi connectivity index (χ3v) is 5.66. The Kier molecular flexibility index (Phi) is 2.30. The second-order valence-corrected chi connectivity index (χ2v) is 6.98. The zero-order chi connectivity index (χ0) is 15.7. The Labute approximate surface area is 140 Å². The fourth-order valence-electron chi connectivity index (χ4n) is 4.61. The average molecular weight is 307 g/mol. The summed E-state index contributed by atoms with van der Waals surface area (Å²) in [5, 5.41) is 4.17. The molecule has 0 atom stereocenters. The van der Waals surface area contributed by atoms with Gasteiger partial charge in [-0.3, -0.25) is 0 Å². The van der Waals surface area contributed by atoms with Crippen LogP contribution in [0.1, 0.15) is 28.8 Å². The highest BCUT2D eigenvalue weighted by Crippen LogP contribution is 2.45. The number of hydrogen-bond acceptors (Lipinski definition) is 0. The van der Waals surface area contributed by atoms with Crippen molar-refractivity contribution in [1.82, 2.24) is 4.98 Å². The normalized spacial score (nSPS) is 14.8. The van der Waals surface area contributed by atoms with Gasteiger partial charge in [0.05, 0.1) is 5.52 Å². The highest BCUT2D eigenvalue weighted by Gasteiger charge is 2.23. The lowest BCUT2D eigenvalue weighted by molar-refractivity contribution is 0.951. The molecule has 0 saturated heterocycles. The van der Waals surface area contributed by atoms with Crippen LogP contribution in [0.4, 0.5) is 0 Å². The van der Waals surface area contributed by atoms with E-state index in [1.165, 1.54) is 55.2 Å². The molecule has 0 saturated carbocycles. The van der Waals surface area contributed by atoms with Crippen LogP contribution in [0.25, 0.3) is 38.9 Å². The molecule has 6 rings (SSSR count). The van der Waals surface area contributed by atoms with E-state index >= 15 is 0 Å². The Hall–Kier alpha value is -2.80. The first-order chi connectivity index (χ1) is 11.9. The summed E-state index contributed by atoms with van der Waals surface area (Å²) >= 11 is 0. The summed E-state index contributed by atoms with van der Waals surface area (Å²) in [5.41, 5.74) is 9.79. The summed E-state index contributed by atoms with van der Waals surface area (Å²) in [7, 11) is 0. The minimum absolute atomic E-state index is 1.03. The highest BCUT2D eigenvalue weighted by molar-refractivity contribution is 6.16. The van der Waals surface area contributed by atoms with Crippen molar-refractivity contribution in [2.75, 3.05) is 0 Å². The number of rotatable bonds is 0. The fourth-order valence-corrected chi connectivity index (χ4v) is 4.61. The van der Waals surface area contributed by atoms with E-state index in [1.54, 1.807) is 0 Å². The van der Waals surface area contributed by atoms with Gasteiger partial charge in [0.1, 0.15) is 0 Å². The number of fused-ring (bicyclic) bond motifs is 6. The van der Waals surface area contributed by atoms with Crippen molar-refractivity contribution in [2.45, 2.75) is 19.3 Å². The predicted molar refractivity (Wildman–Crippen MR) is 101 cm³/mol. The largest absolute Gasteiger partial charge is 0.357 e. The lowest BCUT2D eigenvalue weighted by Crippen LogP contribution is -2.01. The summed E-state index contributed by atoms with van der Waals surface area (Å²) in [6, 6.07) is 18.0. The molecule has 1 heterocycles. The lowest BCUT2D eigenvalue weighted by atomic mass is 9.82. The predicted octanol–water partition coefficient (Wildman–Crippen LogP) is 5.85. The van der Waals surface area contributed by atoms with Crippen LogP contribution in [-0.4, -0.2) is 4.98 Å². The Morgan fingerprint density at radius 2 is 1.83 bits per heavy atom. The molecule has 1 nitrogen and oxygen atoms in total. The van der Waals surface area contributed by atoms with Gasteiger partial charge >= 0.3 is 0 Å². The Balaban J connectivity index is 1.88. The topological polar surface area (TPSA) is 15.8 Å². The summed E-state index contributed by atoms with van der Waals surface area (Å²) in [4.78, 5) is 3.78. The van der Waals surface area contributed by atoms with Crippen molar-refractivity contribution in [3.8, 4) is 11.1 Å². The molecule has 0 fully saturated rings. The third-order valence-electron chi connectivity index (χ3n) is 5.66. The molecule has 1 N–H and O–H groups in total. The maximum Gasteiger partial charge on any atom is 0.0548 e. The molecule has 0 spiro atoms. The Morgan fingerprint density at radius 1 is 0.917 bits per heavy atom. The Bertz CT molecular complexity index is 1170. The van der Waals surface area contributed by atoms with Gasteiger partial charge in [-0.15, -0.1) is 0 Å². The molecule has 0 unspecified atom stereocenters. The van der Waals surface area contributed by atoms with Crippen LogP contribution in [-0.2, 0) is 12.8 Å². The zero-order valence-electron chi connectivity index (χ0n) is 13.4. The molecular formula is C23H17N. The molecule has 1 aromatic heterocycles. The van der Waals surface area contributed by atoms with Crippen molar-refractivity contribution >= 4 is 27.8 Å². The van der Waals surface area contributed by atoms with Crippen molar-refractivity contribution in [2.24, 2.45) is 0 Å². The van der Waals surface area contributed by atoms with Crippen LogP contribution in [0.2, 0.25) is 0 Å². The molecule has 0 radical (unpaired) electrons. The molecule has 24 heavy (non-hydrogen) atoms. The monoisotopic (exact) mass is 307 g/mol. The molecule has 1 heteroatoms. The Morgan fingerprint density at radius 3 is 2.83 bits per heavy atom. The molecule has 0 bridgehead atoms. The molecule has 4 aromatic rings. The molecule has 2 aliphatic carbocycles. The zero-order valence-corrected chi connectivity index (χ0v) is 13.4. The van der Waals surface area contributed by atoms with Gasteiger partial charge in [0.2, 0.25) is 0 Å². The van der Waals surface area contributed by atoms with E-state index in [0.717, 1.165) is 19.3 Å². The fraction of sp³-hybridized carbons (Fsp3) is 0.130. The third kappa shape index (κ3) is 1.50. The van der Waals surface area contributed by atoms with Crippen LogP contribution in [0, 0.1) is 0 Å². The van der Waals surface area contributed by atoms with Crippen molar-refractivity contribution in [3.05, 3.63) is 77.0 Å². The van der Waals surface area contributed by atoms with Gasteiger partial charge in [-0.1, -0.05) is 54.6 Å². The van der Waals surface area contributed by atoms with Gasteiger partial charge in [0.25, 0.3) is 0 Å². The van der Waals surface area contributed by atoms with Gasteiger partial charge in [0.15, 0.2) is 0 Å². The average Bonchev–Trinajstić information content (AvgIpc) is 3.00. The minimum Gasteiger partial charge on any atom is -0.357 e. The quantitative estimate of drug-likeness (QED) is 0.369. The van der Waals surface area contributed by atoms with Gasteiger partial charge in [-0.25, -0.2) is 0 Å². The van der Waals surface area contributed by atoms with E-state index in [0.29, 0.717) is 0 Å². The van der Waals surface area contributed by atoms with Crippen LogP contribution >= 0.6 is 0 Å². The minimum atomic E-state index is 1.03. The maximum absolute atomic E-state index is 3.78.